The molecule has 2 aromatic heterocycles. The molecule has 1 aromatic carbocycles. The van der Waals surface area contributed by atoms with Crippen molar-refractivity contribution in [3.63, 3.8) is 0 Å². The van der Waals surface area contributed by atoms with E-state index in [1.54, 1.807) is 12.0 Å². The average molecular weight is 757 g/mol. The smallest absolute Gasteiger partial charge is 0.408 e. The van der Waals surface area contributed by atoms with E-state index < -0.39 is 29.8 Å². The van der Waals surface area contributed by atoms with Crippen LogP contribution in [0.4, 0.5) is 9.93 Å². The quantitative estimate of drug-likeness (QED) is 0.185. The number of nitrogens with one attached hydrogen (secondary N) is 2. The van der Waals surface area contributed by atoms with Crippen molar-refractivity contribution in [1.82, 2.24) is 20.2 Å². The van der Waals surface area contributed by atoms with Gasteiger partial charge in [0.2, 0.25) is 11.8 Å². The summed E-state index contributed by atoms with van der Waals surface area (Å²) < 4.78 is 24.0. The van der Waals surface area contributed by atoms with E-state index in [2.05, 4.69) is 36.6 Å². The third kappa shape index (κ3) is 7.49. The number of aliphatic imine (C=N–C) groups is 1. The Balaban J connectivity index is 1.11. The summed E-state index contributed by atoms with van der Waals surface area (Å²) in [6.07, 6.45) is 11.6. The maximum Gasteiger partial charge on any atom is 0.408 e. The predicted octanol–water partition coefficient (Wildman–Crippen LogP) is 6.81. The summed E-state index contributed by atoms with van der Waals surface area (Å²) in [4.78, 5) is 57.5. The fourth-order valence-corrected chi connectivity index (χ4v) is 8.93. The van der Waals surface area contributed by atoms with E-state index in [1.165, 1.54) is 11.3 Å². The summed E-state index contributed by atoms with van der Waals surface area (Å²) in [5, 5.41) is 9.80. The van der Waals surface area contributed by atoms with Gasteiger partial charge in [-0.15, -0.1) is 11.3 Å². The van der Waals surface area contributed by atoms with E-state index in [9.17, 15) is 14.4 Å². The summed E-state index contributed by atoms with van der Waals surface area (Å²) in [5.41, 5.74) is 1.08. The predicted molar refractivity (Wildman–Crippen MR) is 205 cm³/mol. The first-order chi connectivity index (χ1) is 26.2. The topological polar surface area (TPSA) is 154 Å². The molecule has 3 aromatic rings. The van der Waals surface area contributed by atoms with Crippen molar-refractivity contribution >= 4 is 51.2 Å². The summed E-state index contributed by atoms with van der Waals surface area (Å²) >= 11 is 1.51. The minimum Gasteiger partial charge on any atom is -0.497 e. The van der Waals surface area contributed by atoms with Crippen LogP contribution in [0.25, 0.3) is 22.3 Å². The second-order valence-electron chi connectivity index (χ2n) is 15.4. The van der Waals surface area contributed by atoms with Gasteiger partial charge in [-0.2, -0.15) is 0 Å². The Kier molecular flexibility index (Phi) is 10.2. The van der Waals surface area contributed by atoms with Crippen LogP contribution in [0.1, 0.15) is 84.5 Å². The SMILES string of the molecule is COc1ccc2c(O[C@@H]3C[C@H]4C5=N[C@@]6(C[C@H]6C=CCCCCC[C@H](NC(=O)OC6CCCC6)C(=O)N4C3)C(=O)O5)cc(-c3csc(NC(C)C)n3)nc2c1. The van der Waals surface area contributed by atoms with Gasteiger partial charge < -0.3 is 34.5 Å². The third-order valence-corrected chi connectivity index (χ3v) is 11.8. The molecule has 2 bridgehead atoms. The number of thiazole rings is 1. The molecule has 2 saturated carbocycles. The van der Waals surface area contributed by atoms with Crippen LogP contribution in [0.15, 0.2) is 46.8 Å². The lowest BCUT2D eigenvalue weighted by molar-refractivity contribution is -0.138. The molecular weight excluding hydrogens is 709 g/mol. The lowest BCUT2D eigenvalue weighted by Gasteiger charge is -2.28. The van der Waals surface area contributed by atoms with Crippen LogP contribution in [0.5, 0.6) is 11.5 Å². The number of methoxy groups -OCH3 is 1. The first-order valence-electron chi connectivity index (χ1n) is 19.3. The molecular formula is C40H48N6O7S. The van der Waals surface area contributed by atoms with Crippen molar-refractivity contribution in [2.45, 2.75) is 120 Å². The number of rotatable bonds is 8. The number of alkyl carbamates (subject to hydrolysis) is 1. The second-order valence-corrected chi connectivity index (χ2v) is 16.2. The largest absolute Gasteiger partial charge is 0.497 e. The molecule has 3 fully saturated rings. The maximum atomic E-state index is 14.6. The Morgan fingerprint density at radius 3 is 2.69 bits per heavy atom. The molecule has 8 rings (SSSR count). The van der Waals surface area contributed by atoms with Gasteiger partial charge in [-0.05, 0) is 77.3 Å². The molecule has 5 heterocycles. The van der Waals surface area contributed by atoms with Crippen LogP contribution in [0, 0.1) is 5.92 Å². The number of carbonyl (C=O) groups excluding carboxylic acids is 3. The number of allylic oxidation sites excluding steroid dienone is 1. The molecule has 3 aliphatic heterocycles. The van der Waals surface area contributed by atoms with Crippen molar-refractivity contribution in [2.75, 3.05) is 19.0 Å². The molecule has 0 radical (unpaired) electrons. The van der Waals surface area contributed by atoms with Crippen molar-refractivity contribution in [3.05, 3.63) is 41.8 Å². The summed E-state index contributed by atoms with van der Waals surface area (Å²) in [6.45, 7) is 4.32. The highest BCUT2D eigenvalue weighted by atomic mass is 32.1. The number of aromatic nitrogens is 2. The number of benzene rings is 1. The van der Waals surface area contributed by atoms with Gasteiger partial charge in [-0.25, -0.2) is 24.5 Å². The van der Waals surface area contributed by atoms with Crippen molar-refractivity contribution in [2.24, 2.45) is 10.9 Å². The first kappa shape index (κ1) is 36.3. The first-order valence-corrected chi connectivity index (χ1v) is 20.2. The fourth-order valence-electron chi connectivity index (χ4n) is 8.07. The fraction of sp³-hybridized carbons (Fsp3) is 0.550. The Morgan fingerprint density at radius 1 is 1.04 bits per heavy atom. The number of amides is 2. The highest BCUT2D eigenvalue weighted by Gasteiger charge is 2.65. The lowest BCUT2D eigenvalue weighted by atomic mass is 10.0. The normalized spacial score (nSPS) is 27.1. The van der Waals surface area contributed by atoms with Crippen LogP contribution in [0.3, 0.4) is 0 Å². The van der Waals surface area contributed by atoms with E-state index >= 15 is 0 Å². The molecule has 5 atom stereocenters. The lowest BCUT2D eigenvalue weighted by Crippen LogP contribution is -2.52. The van der Waals surface area contributed by atoms with E-state index in [0.717, 1.165) is 61.9 Å². The zero-order valence-corrected chi connectivity index (χ0v) is 31.9. The van der Waals surface area contributed by atoms with Crippen molar-refractivity contribution < 1.29 is 33.3 Å². The van der Waals surface area contributed by atoms with Crippen LogP contribution < -0.4 is 20.1 Å². The molecule has 13 nitrogen and oxygen atoms in total. The van der Waals surface area contributed by atoms with Gasteiger partial charge in [0.1, 0.15) is 41.5 Å². The zero-order valence-electron chi connectivity index (χ0n) is 31.0. The van der Waals surface area contributed by atoms with Crippen LogP contribution in [-0.4, -0.2) is 88.3 Å². The minimum absolute atomic E-state index is 0.0226. The number of ether oxygens (including phenoxy) is 4. The molecule has 0 unspecified atom stereocenters. The standard InChI is InChI=1S/C40H48N6O7S/c1-23(2)41-38-43-32(22-54-38)31-19-34(28-16-15-26(50-3)17-30(28)42-31)51-27-18-33-35-45-40(37(48)53-35)20-24(40)11-7-5-4-6-8-14-29(36(47)46(33)21-27)44-39(49)52-25-12-9-10-13-25/h7,11,15-17,19,22-25,27,29,33H,4-6,8-10,12-14,18,20-21H2,1-3H3,(H,41,43)(H,44,49)/t24-,27-,29+,33+,40-/m1/s1. The number of pyridine rings is 1. The van der Waals surface area contributed by atoms with Gasteiger partial charge in [0, 0.05) is 41.3 Å². The van der Waals surface area contributed by atoms with Gasteiger partial charge in [-0.1, -0.05) is 25.0 Å². The number of anilines is 1. The van der Waals surface area contributed by atoms with E-state index in [0.29, 0.717) is 47.7 Å². The Bertz CT molecular complexity index is 1970. The Labute approximate surface area is 318 Å². The molecule has 2 N–H and O–H groups in total. The average Bonchev–Trinajstić information content (AvgIpc) is 3.69. The van der Waals surface area contributed by atoms with Gasteiger partial charge in [-0.3, -0.25) is 4.79 Å². The summed E-state index contributed by atoms with van der Waals surface area (Å²) in [5.74, 6) is 0.796. The maximum absolute atomic E-state index is 14.6. The Hall–Kier alpha value is -4.72. The molecule has 286 valence electrons. The van der Waals surface area contributed by atoms with Crippen molar-refractivity contribution in [1.29, 1.82) is 0 Å². The molecule has 2 aliphatic carbocycles. The highest BCUT2D eigenvalue weighted by molar-refractivity contribution is 7.14. The second kappa shape index (κ2) is 15.2. The molecule has 1 spiro atoms. The minimum atomic E-state index is -0.936. The van der Waals surface area contributed by atoms with E-state index in [4.69, 9.17) is 33.9 Å². The van der Waals surface area contributed by atoms with Crippen LogP contribution in [-0.2, 0) is 19.1 Å². The van der Waals surface area contributed by atoms with Crippen LogP contribution >= 0.6 is 11.3 Å². The number of hydrogen-bond acceptors (Lipinski definition) is 12. The van der Waals surface area contributed by atoms with Crippen molar-refractivity contribution in [3.8, 4) is 22.9 Å². The van der Waals surface area contributed by atoms with Gasteiger partial charge >= 0.3 is 12.1 Å². The van der Waals surface area contributed by atoms with Gasteiger partial charge in [0.15, 0.2) is 10.7 Å². The van der Waals surface area contributed by atoms with Crippen LogP contribution in [0.2, 0.25) is 0 Å². The Morgan fingerprint density at radius 2 is 1.87 bits per heavy atom. The number of esters is 1. The van der Waals surface area contributed by atoms with Gasteiger partial charge in [0.25, 0.3) is 0 Å². The van der Waals surface area contributed by atoms with E-state index in [-0.39, 0.29) is 42.4 Å². The monoisotopic (exact) mass is 756 g/mol. The molecule has 5 aliphatic rings. The third-order valence-electron chi connectivity index (χ3n) is 11.0. The number of hydrogen-bond donors (Lipinski definition) is 2. The summed E-state index contributed by atoms with van der Waals surface area (Å²) in [7, 11) is 1.61. The molecule has 14 heteroatoms. The number of nitrogens with zero attached hydrogens (tertiary/aromatic N) is 4. The number of fused-ring (bicyclic) bond motifs is 3. The van der Waals surface area contributed by atoms with E-state index in [1.807, 2.05) is 29.6 Å². The molecule has 54 heavy (non-hydrogen) atoms. The number of carbonyl (C=O) groups is 3. The molecule has 2 amide bonds. The molecule has 1 saturated heterocycles. The highest BCUT2D eigenvalue weighted by Crippen LogP contribution is 2.52. The summed E-state index contributed by atoms with van der Waals surface area (Å²) in [6, 6.07) is 6.26. The van der Waals surface area contributed by atoms with Gasteiger partial charge in [0.05, 0.1) is 24.9 Å². The zero-order chi connectivity index (χ0) is 37.4.